The van der Waals surface area contributed by atoms with Crippen LogP contribution in [-0.4, -0.2) is 30.0 Å². The lowest BCUT2D eigenvalue weighted by Crippen LogP contribution is -2.17. The Morgan fingerprint density at radius 2 is 1.81 bits per heavy atom. The molecule has 1 heterocycles. The standard InChI is InChI=1S/C21H21NO4S/c1-12-8-13(2)20(14(3)9-12)17(23)11-26-21(25)15-4-5-18-16(10-15)22-19(24)6-7-27-18/h4-5,8-10H,6-7,11H2,1-3H3,(H,22,24). The zero-order valence-corrected chi connectivity index (χ0v) is 16.4. The number of thioether (sulfide) groups is 1. The van der Waals surface area contributed by atoms with Crippen LogP contribution in [-0.2, 0) is 9.53 Å². The number of benzene rings is 2. The first kappa shape index (κ1) is 19.2. The van der Waals surface area contributed by atoms with Crippen molar-refractivity contribution >= 4 is 35.1 Å². The molecule has 2 aromatic rings. The lowest BCUT2D eigenvalue weighted by Gasteiger charge is -2.12. The van der Waals surface area contributed by atoms with E-state index in [9.17, 15) is 14.4 Å². The number of hydrogen-bond donors (Lipinski definition) is 1. The lowest BCUT2D eigenvalue weighted by atomic mass is 9.97. The van der Waals surface area contributed by atoms with Crippen molar-refractivity contribution in [2.45, 2.75) is 32.1 Å². The molecule has 0 spiro atoms. The average Bonchev–Trinajstić information content (AvgIpc) is 2.78. The molecule has 0 fully saturated rings. The summed E-state index contributed by atoms with van der Waals surface area (Å²) in [5.74, 6) is -0.187. The molecule has 5 nitrogen and oxygen atoms in total. The zero-order valence-electron chi connectivity index (χ0n) is 15.5. The van der Waals surface area contributed by atoms with Gasteiger partial charge < -0.3 is 10.1 Å². The number of esters is 1. The second-order valence-corrected chi connectivity index (χ2v) is 7.77. The topological polar surface area (TPSA) is 72.5 Å². The fourth-order valence-electron chi connectivity index (χ4n) is 3.25. The van der Waals surface area contributed by atoms with Crippen molar-refractivity contribution < 1.29 is 19.1 Å². The molecule has 0 aliphatic carbocycles. The Hall–Kier alpha value is -2.60. The van der Waals surface area contributed by atoms with Gasteiger partial charge in [0.25, 0.3) is 0 Å². The van der Waals surface area contributed by atoms with E-state index >= 15 is 0 Å². The number of fused-ring (bicyclic) bond motifs is 1. The van der Waals surface area contributed by atoms with Gasteiger partial charge in [0.1, 0.15) is 0 Å². The highest BCUT2D eigenvalue weighted by molar-refractivity contribution is 7.99. The molecule has 0 bridgehead atoms. The van der Waals surface area contributed by atoms with E-state index in [0.29, 0.717) is 29.0 Å². The van der Waals surface area contributed by atoms with E-state index in [1.807, 2.05) is 32.9 Å². The Balaban J connectivity index is 1.71. The summed E-state index contributed by atoms with van der Waals surface area (Å²) >= 11 is 1.56. The summed E-state index contributed by atoms with van der Waals surface area (Å²) in [5.41, 5.74) is 4.34. The van der Waals surface area contributed by atoms with Crippen LogP contribution in [0.4, 0.5) is 5.69 Å². The van der Waals surface area contributed by atoms with Crippen LogP contribution in [0.15, 0.2) is 35.2 Å². The highest BCUT2D eigenvalue weighted by atomic mass is 32.2. The Morgan fingerprint density at radius 1 is 1.11 bits per heavy atom. The maximum absolute atomic E-state index is 12.5. The SMILES string of the molecule is Cc1cc(C)c(C(=O)COC(=O)c2ccc3c(c2)NC(=O)CCS3)c(C)c1. The predicted octanol–water partition coefficient (Wildman–Crippen LogP) is 4.09. The second-order valence-electron chi connectivity index (χ2n) is 6.63. The van der Waals surface area contributed by atoms with Gasteiger partial charge in [-0.25, -0.2) is 4.79 Å². The number of Topliss-reactive ketones (excluding diaryl/α,β-unsaturated/α-hetero) is 1. The van der Waals surface area contributed by atoms with Gasteiger partial charge in [-0.15, -0.1) is 11.8 Å². The normalized spacial score (nSPS) is 13.4. The third-order valence-electron chi connectivity index (χ3n) is 4.37. The van der Waals surface area contributed by atoms with Gasteiger partial charge in [-0.2, -0.15) is 0 Å². The fraction of sp³-hybridized carbons (Fsp3) is 0.286. The molecule has 27 heavy (non-hydrogen) atoms. The van der Waals surface area contributed by atoms with Gasteiger partial charge >= 0.3 is 5.97 Å². The Labute approximate surface area is 162 Å². The van der Waals surface area contributed by atoms with Crippen LogP contribution in [0.25, 0.3) is 0 Å². The minimum atomic E-state index is -0.586. The number of nitrogens with one attached hydrogen (secondary N) is 1. The molecule has 0 saturated carbocycles. The molecule has 0 radical (unpaired) electrons. The Morgan fingerprint density at radius 3 is 2.52 bits per heavy atom. The van der Waals surface area contributed by atoms with Gasteiger partial charge in [0.2, 0.25) is 11.7 Å². The Bertz CT molecular complexity index is 913. The molecule has 0 aromatic heterocycles. The highest BCUT2D eigenvalue weighted by Gasteiger charge is 2.19. The second kappa shape index (κ2) is 7.96. The van der Waals surface area contributed by atoms with Crippen LogP contribution in [0.1, 0.15) is 43.8 Å². The maximum Gasteiger partial charge on any atom is 0.338 e. The first-order chi connectivity index (χ1) is 12.8. The third kappa shape index (κ3) is 4.39. The maximum atomic E-state index is 12.5. The number of amides is 1. The fourth-order valence-corrected chi connectivity index (χ4v) is 4.19. The molecular weight excluding hydrogens is 362 g/mol. The summed E-state index contributed by atoms with van der Waals surface area (Å²) in [4.78, 5) is 37.5. The van der Waals surface area contributed by atoms with Gasteiger partial charge in [0, 0.05) is 22.6 Å². The first-order valence-corrected chi connectivity index (χ1v) is 9.68. The molecule has 0 atom stereocenters. The molecule has 0 unspecified atom stereocenters. The number of aryl methyl sites for hydroxylation is 3. The predicted molar refractivity (Wildman–Crippen MR) is 106 cm³/mol. The van der Waals surface area contributed by atoms with E-state index < -0.39 is 5.97 Å². The van der Waals surface area contributed by atoms with Gasteiger partial charge in [-0.05, 0) is 50.1 Å². The largest absolute Gasteiger partial charge is 0.454 e. The molecule has 3 rings (SSSR count). The summed E-state index contributed by atoms with van der Waals surface area (Å²) in [7, 11) is 0. The molecule has 1 N–H and O–H groups in total. The summed E-state index contributed by atoms with van der Waals surface area (Å²) in [6.45, 7) is 5.41. The molecule has 140 valence electrons. The molecule has 1 amide bonds. The number of ketones is 1. The van der Waals surface area contributed by atoms with Crippen LogP contribution in [0, 0.1) is 20.8 Å². The molecule has 6 heteroatoms. The van der Waals surface area contributed by atoms with Crippen molar-refractivity contribution in [2.75, 3.05) is 17.7 Å². The van der Waals surface area contributed by atoms with E-state index in [1.165, 1.54) is 0 Å². The zero-order chi connectivity index (χ0) is 19.6. The van der Waals surface area contributed by atoms with Crippen LogP contribution in [0.3, 0.4) is 0 Å². The number of rotatable bonds is 4. The van der Waals surface area contributed by atoms with Crippen molar-refractivity contribution in [2.24, 2.45) is 0 Å². The van der Waals surface area contributed by atoms with Gasteiger partial charge in [0.15, 0.2) is 6.61 Å². The van der Waals surface area contributed by atoms with Crippen LogP contribution in [0.2, 0.25) is 0 Å². The monoisotopic (exact) mass is 383 g/mol. The molecular formula is C21H21NO4S. The summed E-state index contributed by atoms with van der Waals surface area (Å²) < 4.78 is 5.23. The van der Waals surface area contributed by atoms with Crippen molar-refractivity contribution in [1.82, 2.24) is 0 Å². The molecule has 2 aromatic carbocycles. The molecule has 1 aliphatic rings. The van der Waals surface area contributed by atoms with E-state index in [2.05, 4.69) is 5.32 Å². The average molecular weight is 383 g/mol. The van der Waals surface area contributed by atoms with E-state index in [1.54, 1.807) is 30.0 Å². The van der Waals surface area contributed by atoms with Crippen molar-refractivity contribution in [1.29, 1.82) is 0 Å². The molecule has 1 aliphatic heterocycles. The number of hydrogen-bond acceptors (Lipinski definition) is 5. The summed E-state index contributed by atoms with van der Waals surface area (Å²) in [6.07, 6.45) is 0.433. The van der Waals surface area contributed by atoms with E-state index in [0.717, 1.165) is 21.6 Å². The van der Waals surface area contributed by atoms with Crippen LogP contribution >= 0.6 is 11.8 Å². The van der Waals surface area contributed by atoms with Crippen LogP contribution in [0.5, 0.6) is 0 Å². The van der Waals surface area contributed by atoms with Gasteiger partial charge in [-0.3, -0.25) is 9.59 Å². The number of anilines is 1. The quantitative estimate of drug-likeness (QED) is 0.636. The number of carbonyl (C=O) groups is 3. The summed E-state index contributed by atoms with van der Waals surface area (Å²) in [5, 5.41) is 2.79. The minimum Gasteiger partial charge on any atom is -0.454 e. The van der Waals surface area contributed by atoms with E-state index in [-0.39, 0.29) is 18.3 Å². The Kier molecular flexibility index (Phi) is 5.65. The third-order valence-corrected chi connectivity index (χ3v) is 5.44. The van der Waals surface area contributed by atoms with Crippen molar-refractivity contribution in [3.63, 3.8) is 0 Å². The molecule has 0 saturated heterocycles. The van der Waals surface area contributed by atoms with Crippen molar-refractivity contribution in [3.05, 3.63) is 58.1 Å². The van der Waals surface area contributed by atoms with Gasteiger partial charge in [-0.1, -0.05) is 17.7 Å². The number of ether oxygens (including phenoxy) is 1. The van der Waals surface area contributed by atoms with Gasteiger partial charge in [0.05, 0.1) is 11.3 Å². The highest BCUT2D eigenvalue weighted by Crippen LogP contribution is 2.31. The smallest absolute Gasteiger partial charge is 0.338 e. The minimum absolute atomic E-state index is 0.0766. The van der Waals surface area contributed by atoms with Crippen LogP contribution < -0.4 is 5.32 Å². The van der Waals surface area contributed by atoms with E-state index in [4.69, 9.17) is 4.74 Å². The lowest BCUT2D eigenvalue weighted by molar-refractivity contribution is -0.115. The number of carbonyl (C=O) groups excluding carboxylic acids is 3. The van der Waals surface area contributed by atoms with Crippen molar-refractivity contribution in [3.8, 4) is 0 Å². The summed E-state index contributed by atoms with van der Waals surface area (Å²) in [6, 6.07) is 8.92. The first-order valence-electron chi connectivity index (χ1n) is 8.70.